The first kappa shape index (κ1) is 12.9. The second-order valence-corrected chi connectivity index (χ2v) is 4.10. The molecule has 0 spiro atoms. The molecule has 0 aromatic rings. The van der Waals surface area contributed by atoms with E-state index in [1.165, 1.54) is 6.42 Å². The van der Waals surface area contributed by atoms with Gasteiger partial charge in [0.15, 0.2) is 0 Å². The normalized spacial score (nSPS) is 24.4. The van der Waals surface area contributed by atoms with Gasteiger partial charge in [-0.1, -0.05) is 13.8 Å². The summed E-state index contributed by atoms with van der Waals surface area (Å²) in [6, 6.07) is 0. The highest BCUT2D eigenvalue weighted by Gasteiger charge is 2.10. The molecule has 2 fully saturated rings. The molecule has 0 atom stereocenters. The Labute approximate surface area is 91.8 Å². The van der Waals surface area contributed by atoms with Crippen LogP contribution in [-0.4, -0.2) is 40.0 Å². The van der Waals surface area contributed by atoms with Gasteiger partial charge in [0.2, 0.25) is 0 Å². The Bertz CT molecular complexity index is 140. The quantitative estimate of drug-likeness (QED) is 0.670. The predicted molar refractivity (Wildman–Crippen MR) is 56.5 cm³/mol. The molecular weight excluding hydrogens is 196 g/mol. The van der Waals surface area contributed by atoms with Crippen LogP contribution in [0.2, 0.25) is 0 Å². The number of hydrogen-bond acceptors (Lipinski definition) is 4. The van der Waals surface area contributed by atoms with Crippen LogP contribution in [0, 0.1) is 11.8 Å². The van der Waals surface area contributed by atoms with E-state index in [2.05, 4.69) is 13.8 Å². The van der Waals surface area contributed by atoms with Gasteiger partial charge in [-0.15, -0.1) is 0 Å². The number of ether oxygens (including phenoxy) is 4. The molecule has 0 bridgehead atoms. The molecule has 0 saturated carbocycles. The van der Waals surface area contributed by atoms with Crippen molar-refractivity contribution in [2.45, 2.75) is 20.3 Å². The van der Waals surface area contributed by atoms with Crippen LogP contribution in [0.25, 0.3) is 0 Å². The van der Waals surface area contributed by atoms with Crippen LogP contribution in [0.5, 0.6) is 0 Å². The molecule has 4 heteroatoms. The van der Waals surface area contributed by atoms with Gasteiger partial charge in [-0.3, -0.25) is 0 Å². The first-order valence-electron chi connectivity index (χ1n) is 5.64. The first-order chi connectivity index (χ1) is 7.33. The average molecular weight is 218 g/mol. The largest absolute Gasteiger partial charge is 0.355 e. The summed E-state index contributed by atoms with van der Waals surface area (Å²) in [5.74, 6) is 1.23. The molecule has 0 aromatic carbocycles. The van der Waals surface area contributed by atoms with Crippen molar-refractivity contribution >= 4 is 0 Å². The lowest BCUT2D eigenvalue weighted by molar-refractivity contribution is -0.126. The van der Waals surface area contributed by atoms with Gasteiger partial charge < -0.3 is 18.9 Å². The van der Waals surface area contributed by atoms with E-state index in [1.807, 2.05) is 0 Å². The van der Waals surface area contributed by atoms with E-state index in [-0.39, 0.29) is 0 Å². The highest BCUT2D eigenvalue weighted by Crippen LogP contribution is 2.07. The highest BCUT2D eigenvalue weighted by atomic mass is 16.7. The zero-order valence-corrected chi connectivity index (χ0v) is 9.74. The van der Waals surface area contributed by atoms with Crippen LogP contribution in [0.15, 0.2) is 0 Å². The molecule has 2 aliphatic rings. The summed E-state index contributed by atoms with van der Waals surface area (Å²) < 4.78 is 20.0. The summed E-state index contributed by atoms with van der Waals surface area (Å²) in [5, 5.41) is 0. The van der Waals surface area contributed by atoms with Crippen LogP contribution >= 0.6 is 0 Å². The molecule has 0 N–H and O–H groups in total. The molecule has 0 unspecified atom stereocenters. The van der Waals surface area contributed by atoms with Crippen molar-refractivity contribution in [3.63, 3.8) is 0 Å². The molecule has 4 nitrogen and oxygen atoms in total. The van der Waals surface area contributed by atoms with Crippen LogP contribution in [0.4, 0.5) is 0 Å². The number of hydrogen-bond donors (Lipinski definition) is 0. The zero-order valence-electron chi connectivity index (χ0n) is 9.74. The Morgan fingerprint density at radius 3 is 1.60 bits per heavy atom. The zero-order chi connectivity index (χ0) is 10.9. The molecule has 0 aliphatic carbocycles. The maximum absolute atomic E-state index is 5.05. The van der Waals surface area contributed by atoms with Crippen LogP contribution in [-0.2, 0) is 18.9 Å². The van der Waals surface area contributed by atoms with Gasteiger partial charge in [0, 0.05) is 11.8 Å². The molecule has 15 heavy (non-hydrogen) atoms. The molecule has 2 saturated heterocycles. The second-order valence-electron chi connectivity index (χ2n) is 4.10. The van der Waals surface area contributed by atoms with Crippen molar-refractivity contribution in [2.24, 2.45) is 11.8 Å². The van der Waals surface area contributed by atoms with Gasteiger partial charge in [0.25, 0.3) is 0 Å². The Morgan fingerprint density at radius 1 is 0.867 bits per heavy atom. The first-order valence-corrected chi connectivity index (χ1v) is 5.64. The monoisotopic (exact) mass is 218 g/mol. The van der Waals surface area contributed by atoms with Gasteiger partial charge in [-0.25, -0.2) is 0 Å². The average Bonchev–Trinajstić information content (AvgIpc) is 2.32. The topological polar surface area (TPSA) is 36.9 Å². The third-order valence-electron chi connectivity index (χ3n) is 2.42. The number of rotatable bonds is 1. The van der Waals surface area contributed by atoms with Gasteiger partial charge in [0.1, 0.15) is 13.6 Å². The summed E-state index contributed by atoms with van der Waals surface area (Å²) >= 11 is 0. The lowest BCUT2D eigenvalue weighted by atomic mass is 10.1. The maximum atomic E-state index is 5.05. The fourth-order valence-electron chi connectivity index (χ4n) is 1.38. The summed E-state index contributed by atoms with van der Waals surface area (Å²) in [6.07, 6.45) is 1.17. The van der Waals surface area contributed by atoms with E-state index in [1.54, 1.807) is 0 Å². The summed E-state index contributed by atoms with van der Waals surface area (Å²) in [7, 11) is 0. The smallest absolute Gasteiger partial charge is 0.146 e. The summed E-state index contributed by atoms with van der Waals surface area (Å²) in [5.41, 5.74) is 0. The second kappa shape index (κ2) is 8.05. The van der Waals surface area contributed by atoms with E-state index in [0.717, 1.165) is 26.4 Å². The van der Waals surface area contributed by atoms with E-state index in [0.29, 0.717) is 25.4 Å². The lowest BCUT2D eigenvalue weighted by Gasteiger charge is -2.20. The van der Waals surface area contributed by atoms with Crippen molar-refractivity contribution in [1.82, 2.24) is 0 Å². The van der Waals surface area contributed by atoms with E-state index in [4.69, 9.17) is 18.9 Å². The summed E-state index contributed by atoms with van der Waals surface area (Å²) in [6.45, 7) is 8.75. The molecule has 2 heterocycles. The van der Waals surface area contributed by atoms with Gasteiger partial charge in [0.05, 0.1) is 26.4 Å². The Morgan fingerprint density at radius 2 is 1.33 bits per heavy atom. The van der Waals surface area contributed by atoms with Crippen molar-refractivity contribution in [3.8, 4) is 0 Å². The van der Waals surface area contributed by atoms with Crippen LogP contribution in [0.1, 0.15) is 20.3 Å². The molecule has 0 aromatic heterocycles. The Balaban J connectivity index is 0.000000151. The third kappa shape index (κ3) is 6.10. The maximum Gasteiger partial charge on any atom is 0.146 e. The fourth-order valence-corrected chi connectivity index (χ4v) is 1.38. The molecule has 0 amide bonds. The van der Waals surface area contributed by atoms with Crippen molar-refractivity contribution in [1.29, 1.82) is 0 Å². The fraction of sp³-hybridized carbons (Fsp3) is 1.00. The van der Waals surface area contributed by atoms with Gasteiger partial charge in [-0.2, -0.15) is 0 Å². The molecule has 2 rings (SSSR count). The van der Waals surface area contributed by atoms with E-state index in [9.17, 15) is 0 Å². The third-order valence-corrected chi connectivity index (χ3v) is 2.42. The lowest BCUT2D eigenvalue weighted by Crippen LogP contribution is -2.23. The van der Waals surface area contributed by atoms with Gasteiger partial charge in [-0.05, 0) is 6.42 Å². The minimum atomic E-state index is 0.490. The predicted octanol–water partition coefficient (Wildman–Crippen LogP) is 1.64. The summed E-state index contributed by atoms with van der Waals surface area (Å²) in [4.78, 5) is 0. The Kier molecular flexibility index (Phi) is 6.92. The molecule has 2 aliphatic heterocycles. The van der Waals surface area contributed by atoms with Crippen molar-refractivity contribution < 1.29 is 18.9 Å². The van der Waals surface area contributed by atoms with Crippen LogP contribution in [0.3, 0.4) is 0 Å². The Hall–Kier alpha value is -0.160. The van der Waals surface area contributed by atoms with Crippen LogP contribution < -0.4 is 0 Å². The molecular formula is C11H22O4. The standard InChI is InChI=1S/C6H12O2.C5H10O2/c1-2-6-3-7-5-8-4-6;1-5-2-6-4-7-3-5/h6H,2-5H2,1H3;5H,2-4H2,1H3. The van der Waals surface area contributed by atoms with Crippen molar-refractivity contribution in [3.05, 3.63) is 0 Å². The molecule has 0 radical (unpaired) electrons. The van der Waals surface area contributed by atoms with Crippen molar-refractivity contribution in [2.75, 3.05) is 40.0 Å². The van der Waals surface area contributed by atoms with E-state index >= 15 is 0 Å². The minimum absolute atomic E-state index is 0.490. The van der Waals surface area contributed by atoms with Gasteiger partial charge >= 0.3 is 0 Å². The molecule has 90 valence electrons. The van der Waals surface area contributed by atoms with E-state index < -0.39 is 0 Å². The highest BCUT2D eigenvalue weighted by molar-refractivity contribution is 4.55. The SMILES string of the molecule is CC1COCOC1.CCC1COCOC1. The minimum Gasteiger partial charge on any atom is -0.355 e.